The van der Waals surface area contributed by atoms with Crippen LogP contribution in [-0.4, -0.2) is 17.7 Å². The minimum Gasteiger partial charge on any atom is -0.508 e. The Morgan fingerprint density at radius 2 is 2.18 bits per heavy atom. The number of halogens is 1. The summed E-state index contributed by atoms with van der Waals surface area (Å²) in [7, 11) is 0. The van der Waals surface area contributed by atoms with Crippen LogP contribution in [0.5, 0.6) is 5.75 Å². The van der Waals surface area contributed by atoms with Gasteiger partial charge in [0, 0.05) is 6.04 Å². The van der Waals surface area contributed by atoms with E-state index in [1.807, 2.05) is 6.07 Å². The molecular formula is C14H22BrNO. The highest BCUT2D eigenvalue weighted by Crippen LogP contribution is 2.33. The molecule has 0 radical (unpaired) electrons. The summed E-state index contributed by atoms with van der Waals surface area (Å²) >= 11 is 0. The van der Waals surface area contributed by atoms with Gasteiger partial charge in [0.25, 0.3) is 0 Å². The van der Waals surface area contributed by atoms with Crippen molar-refractivity contribution in [2.75, 3.05) is 6.54 Å². The maximum Gasteiger partial charge on any atom is 0.115 e. The highest BCUT2D eigenvalue weighted by atomic mass is 79.9. The third-order valence-electron chi connectivity index (χ3n) is 3.60. The molecule has 2 nitrogen and oxygen atoms in total. The molecule has 17 heavy (non-hydrogen) atoms. The Labute approximate surface area is 114 Å². The van der Waals surface area contributed by atoms with Crippen molar-refractivity contribution < 1.29 is 5.11 Å². The molecule has 0 spiro atoms. The summed E-state index contributed by atoms with van der Waals surface area (Å²) in [4.78, 5) is 0. The van der Waals surface area contributed by atoms with Crippen LogP contribution in [0.25, 0.3) is 0 Å². The van der Waals surface area contributed by atoms with E-state index < -0.39 is 0 Å². The molecule has 0 aromatic heterocycles. The van der Waals surface area contributed by atoms with Crippen molar-refractivity contribution in [1.82, 2.24) is 5.32 Å². The summed E-state index contributed by atoms with van der Waals surface area (Å²) < 4.78 is 0. The van der Waals surface area contributed by atoms with Gasteiger partial charge in [-0.3, -0.25) is 0 Å². The van der Waals surface area contributed by atoms with Gasteiger partial charge in [-0.25, -0.2) is 0 Å². The lowest BCUT2D eigenvalue weighted by Crippen LogP contribution is -2.37. The molecule has 0 aliphatic heterocycles. The van der Waals surface area contributed by atoms with E-state index in [2.05, 4.69) is 25.2 Å². The van der Waals surface area contributed by atoms with Crippen molar-refractivity contribution >= 4 is 17.0 Å². The molecule has 0 bridgehead atoms. The molecule has 0 unspecified atom stereocenters. The van der Waals surface area contributed by atoms with Crippen LogP contribution in [0.15, 0.2) is 18.2 Å². The predicted octanol–water partition coefficient (Wildman–Crippen LogP) is 3.39. The summed E-state index contributed by atoms with van der Waals surface area (Å²) in [6.45, 7) is 5.54. The fourth-order valence-electron chi connectivity index (χ4n) is 2.62. The van der Waals surface area contributed by atoms with Crippen LogP contribution in [-0.2, 0) is 6.42 Å². The fourth-order valence-corrected chi connectivity index (χ4v) is 2.62. The minimum atomic E-state index is 0. The van der Waals surface area contributed by atoms with Crippen LogP contribution in [0.2, 0.25) is 0 Å². The van der Waals surface area contributed by atoms with Crippen LogP contribution >= 0.6 is 17.0 Å². The van der Waals surface area contributed by atoms with Crippen LogP contribution < -0.4 is 5.32 Å². The lowest BCUT2D eigenvalue weighted by Gasteiger charge is -2.32. The van der Waals surface area contributed by atoms with Crippen LogP contribution in [0, 0.1) is 0 Å². The number of phenols is 1. The van der Waals surface area contributed by atoms with Gasteiger partial charge in [0.05, 0.1) is 0 Å². The van der Waals surface area contributed by atoms with Gasteiger partial charge in [-0.15, -0.1) is 17.0 Å². The van der Waals surface area contributed by atoms with E-state index in [1.54, 1.807) is 6.07 Å². The Bertz CT molecular complexity index is 367. The van der Waals surface area contributed by atoms with Crippen molar-refractivity contribution in [1.29, 1.82) is 0 Å². The van der Waals surface area contributed by atoms with Crippen molar-refractivity contribution in [2.24, 2.45) is 0 Å². The lowest BCUT2D eigenvalue weighted by atomic mass is 9.80. The minimum absolute atomic E-state index is 0. The van der Waals surface area contributed by atoms with Gasteiger partial charge >= 0.3 is 0 Å². The van der Waals surface area contributed by atoms with Crippen molar-refractivity contribution in [3.63, 3.8) is 0 Å². The SMILES string of the molecule is Br.CCCN[C@H]1CCc2ccc(O)cc2[C@H]1C. The molecule has 3 heteroatoms. The standard InChI is InChI=1S/C14H21NO.BrH/c1-3-8-15-14-7-5-11-4-6-12(16)9-13(11)10(14)2;/h4,6,9-10,14-16H,3,5,7-8H2,1-2H3;1H/t10-,14+;/m1./s1. The Kier molecular flexibility index (Phi) is 5.47. The topological polar surface area (TPSA) is 32.3 Å². The summed E-state index contributed by atoms with van der Waals surface area (Å²) in [5.74, 6) is 0.893. The molecular weight excluding hydrogens is 278 g/mol. The number of fused-ring (bicyclic) bond motifs is 1. The first-order valence-corrected chi connectivity index (χ1v) is 6.27. The molecule has 0 amide bonds. The van der Waals surface area contributed by atoms with Gasteiger partial charge in [0.2, 0.25) is 0 Å². The molecule has 96 valence electrons. The van der Waals surface area contributed by atoms with Gasteiger partial charge < -0.3 is 10.4 Å². The van der Waals surface area contributed by atoms with E-state index in [9.17, 15) is 5.11 Å². The Hall–Kier alpha value is -0.540. The first-order valence-electron chi connectivity index (χ1n) is 6.27. The second-order valence-electron chi connectivity index (χ2n) is 4.77. The molecule has 1 aliphatic carbocycles. The third-order valence-corrected chi connectivity index (χ3v) is 3.60. The van der Waals surface area contributed by atoms with E-state index in [0.717, 1.165) is 13.0 Å². The number of benzene rings is 1. The number of aryl methyl sites for hydroxylation is 1. The van der Waals surface area contributed by atoms with E-state index in [1.165, 1.54) is 24.0 Å². The maximum atomic E-state index is 9.55. The third kappa shape index (κ3) is 3.23. The zero-order valence-corrected chi connectivity index (χ0v) is 12.3. The maximum absolute atomic E-state index is 9.55. The molecule has 0 saturated carbocycles. The van der Waals surface area contributed by atoms with E-state index in [-0.39, 0.29) is 17.0 Å². The molecule has 1 aliphatic rings. The second kappa shape index (κ2) is 6.41. The highest BCUT2D eigenvalue weighted by Gasteiger charge is 2.25. The van der Waals surface area contributed by atoms with E-state index >= 15 is 0 Å². The normalized spacial score (nSPS) is 22.7. The van der Waals surface area contributed by atoms with Crippen molar-refractivity contribution in [3.8, 4) is 5.75 Å². The zero-order chi connectivity index (χ0) is 11.5. The van der Waals surface area contributed by atoms with Gasteiger partial charge in [0.15, 0.2) is 0 Å². The van der Waals surface area contributed by atoms with Crippen LogP contribution in [0.3, 0.4) is 0 Å². The number of hydrogen-bond donors (Lipinski definition) is 2. The Morgan fingerprint density at radius 3 is 2.88 bits per heavy atom. The van der Waals surface area contributed by atoms with Gasteiger partial charge in [-0.05, 0) is 55.0 Å². The smallest absolute Gasteiger partial charge is 0.115 e. The summed E-state index contributed by atoms with van der Waals surface area (Å²) in [6.07, 6.45) is 3.51. The average Bonchev–Trinajstić information content (AvgIpc) is 2.29. The van der Waals surface area contributed by atoms with Crippen molar-refractivity contribution in [2.45, 2.75) is 45.1 Å². The number of phenolic OH excluding ortho intramolecular Hbond substituents is 1. The summed E-state index contributed by atoms with van der Waals surface area (Å²) in [5.41, 5.74) is 2.72. The molecule has 0 fully saturated rings. The first kappa shape index (κ1) is 14.5. The Balaban J connectivity index is 0.00000144. The van der Waals surface area contributed by atoms with Crippen LogP contribution in [0.4, 0.5) is 0 Å². The summed E-state index contributed by atoms with van der Waals surface area (Å²) in [6, 6.07) is 6.36. The highest BCUT2D eigenvalue weighted by molar-refractivity contribution is 8.93. The first-order chi connectivity index (χ1) is 7.72. The molecule has 0 saturated heterocycles. The monoisotopic (exact) mass is 299 g/mol. The molecule has 2 rings (SSSR count). The fraction of sp³-hybridized carbons (Fsp3) is 0.571. The largest absolute Gasteiger partial charge is 0.508 e. The van der Waals surface area contributed by atoms with Gasteiger partial charge in [-0.1, -0.05) is 19.9 Å². The number of rotatable bonds is 3. The van der Waals surface area contributed by atoms with Gasteiger partial charge in [-0.2, -0.15) is 0 Å². The zero-order valence-electron chi connectivity index (χ0n) is 10.6. The quantitative estimate of drug-likeness (QED) is 0.897. The molecule has 2 N–H and O–H groups in total. The summed E-state index contributed by atoms with van der Waals surface area (Å²) in [5, 5.41) is 13.1. The van der Waals surface area contributed by atoms with Gasteiger partial charge in [0.1, 0.15) is 5.75 Å². The van der Waals surface area contributed by atoms with E-state index in [0.29, 0.717) is 17.7 Å². The Morgan fingerprint density at radius 1 is 1.41 bits per heavy atom. The molecule has 0 heterocycles. The number of hydrogen-bond acceptors (Lipinski definition) is 2. The predicted molar refractivity (Wildman–Crippen MR) is 77.2 cm³/mol. The average molecular weight is 300 g/mol. The van der Waals surface area contributed by atoms with E-state index in [4.69, 9.17) is 0 Å². The number of nitrogens with one attached hydrogen (secondary N) is 1. The molecule has 1 aromatic rings. The molecule has 2 atom stereocenters. The number of aromatic hydroxyl groups is 1. The van der Waals surface area contributed by atoms with Crippen LogP contribution in [0.1, 0.15) is 43.7 Å². The lowest BCUT2D eigenvalue weighted by molar-refractivity contribution is 0.401. The van der Waals surface area contributed by atoms with Crippen molar-refractivity contribution in [3.05, 3.63) is 29.3 Å². The molecule has 1 aromatic carbocycles. The second-order valence-corrected chi connectivity index (χ2v) is 4.77.